The highest BCUT2D eigenvalue weighted by molar-refractivity contribution is 9.10. The van der Waals surface area contributed by atoms with Gasteiger partial charge >= 0.3 is 5.97 Å². The van der Waals surface area contributed by atoms with Crippen LogP contribution in [0.3, 0.4) is 0 Å². The van der Waals surface area contributed by atoms with Gasteiger partial charge in [0.15, 0.2) is 16.3 Å². The maximum atomic E-state index is 13.8. The van der Waals surface area contributed by atoms with E-state index < -0.39 is 17.8 Å². The first-order chi connectivity index (χ1) is 20.3. The summed E-state index contributed by atoms with van der Waals surface area (Å²) in [6.07, 6.45) is 1.76. The second-order valence-corrected chi connectivity index (χ2v) is 11.3. The van der Waals surface area contributed by atoms with Crippen molar-refractivity contribution in [3.05, 3.63) is 125 Å². The van der Waals surface area contributed by atoms with Crippen molar-refractivity contribution in [3.8, 4) is 11.5 Å². The van der Waals surface area contributed by atoms with Crippen molar-refractivity contribution in [1.82, 2.24) is 4.57 Å². The van der Waals surface area contributed by atoms with E-state index in [0.29, 0.717) is 45.3 Å². The van der Waals surface area contributed by atoms with Gasteiger partial charge in [0.1, 0.15) is 12.4 Å². The van der Waals surface area contributed by atoms with E-state index in [-0.39, 0.29) is 17.7 Å². The van der Waals surface area contributed by atoms with Crippen molar-refractivity contribution in [2.24, 2.45) is 4.99 Å². The molecular weight excluding hydrogens is 623 g/mol. The second-order valence-electron chi connectivity index (χ2n) is 9.41. The molecule has 5 rings (SSSR count). The topological polar surface area (TPSA) is 79.1 Å². The fourth-order valence-electron chi connectivity index (χ4n) is 4.65. The zero-order chi connectivity index (χ0) is 29.8. The van der Waals surface area contributed by atoms with Gasteiger partial charge in [-0.15, -0.1) is 0 Å². The molecule has 1 aliphatic rings. The maximum absolute atomic E-state index is 13.8. The Hall–Kier alpha value is -4.02. The average Bonchev–Trinajstić information content (AvgIpc) is 3.27. The fourth-order valence-corrected chi connectivity index (χ4v) is 5.96. The molecule has 0 radical (unpaired) electrons. The summed E-state index contributed by atoms with van der Waals surface area (Å²) in [4.78, 5) is 31.9. The predicted octanol–water partition coefficient (Wildman–Crippen LogP) is 5.68. The lowest BCUT2D eigenvalue weighted by Gasteiger charge is -2.24. The van der Waals surface area contributed by atoms with Gasteiger partial charge in [-0.3, -0.25) is 9.36 Å². The van der Waals surface area contributed by atoms with Crippen molar-refractivity contribution in [2.45, 2.75) is 33.4 Å². The number of ether oxygens (including phenoxy) is 3. The number of aromatic nitrogens is 1. The van der Waals surface area contributed by atoms with Gasteiger partial charge in [-0.1, -0.05) is 57.6 Å². The summed E-state index contributed by atoms with van der Waals surface area (Å²) >= 11 is 4.65. The van der Waals surface area contributed by atoms with E-state index in [1.165, 1.54) is 28.0 Å². The number of hydrogen-bond acceptors (Lipinski definition) is 7. The first-order valence-corrected chi connectivity index (χ1v) is 15.0. The van der Waals surface area contributed by atoms with Gasteiger partial charge in [-0.05, 0) is 79.9 Å². The highest BCUT2D eigenvalue weighted by Gasteiger charge is 2.33. The molecule has 0 bridgehead atoms. The molecule has 0 unspecified atom stereocenters. The lowest BCUT2D eigenvalue weighted by molar-refractivity contribution is -0.139. The number of carbonyl (C=O) groups excluding carboxylic acids is 1. The number of benzene rings is 3. The molecule has 1 aliphatic heterocycles. The summed E-state index contributed by atoms with van der Waals surface area (Å²) in [5.41, 5.74) is 2.69. The maximum Gasteiger partial charge on any atom is 0.338 e. The molecule has 7 nitrogen and oxygen atoms in total. The Kier molecular flexibility index (Phi) is 9.03. The lowest BCUT2D eigenvalue weighted by atomic mass is 9.96. The molecule has 10 heteroatoms. The first-order valence-electron chi connectivity index (χ1n) is 13.4. The van der Waals surface area contributed by atoms with Crippen LogP contribution in [-0.4, -0.2) is 23.8 Å². The molecule has 42 heavy (non-hydrogen) atoms. The van der Waals surface area contributed by atoms with Gasteiger partial charge in [0, 0.05) is 4.47 Å². The number of allylic oxidation sites excluding steroid dienone is 1. The van der Waals surface area contributed by atoms with E-state index in [9.17, 15) is 14.0 Å². The van der Waals surface area contributed by atoms with Crippen LogP contribution in [-0.2, 0) is 16.1 Å². The Balaban J connectivity index is 1.54. The van der Waals surface area contributed by atoms with E-state index in [2.05, 4.69) is 20.9 Å². The molecule has 1 aromatic heterocycles. The van der Waals surface area contributed by atoms with Crippen molar-refractivity contribution in [2.75, 3.05) is 13.2 Å². The Morgan fingerprint density at radius 3 is 2.45 bits per heavy atom. The van der Waals surface area contributed by atoms with E-state index >= 15 is 0 Å². The summed E-state index contributed by atoms with van der Waals surface area (Å²) in [5, 5.41) is 0. The minimum Gasteiger partial charge on any atom is -0.490 e. The van der Waals surface area contributed by atoms with Crippen molar-refractivity contribution in [1.29, 1.82) is 0 Å². The van der Waals surface area contributed by atoms with Crippen molar-refractivity contribution in [3.63, 3.8) is 0 Å². The Morgan fingerprint density at radius 2 is 1.76 bits per heavy atom. The van der Waals surface area contributed by atoms with Crippen molar-refractivity contribution < 1.29 is 23.4 Å². The molecule has 2 heterocycles. The number of nitrogens with zero attached hydrogens (tertiary/aromatic N) is 2. The van der Waals surface area contributed by atoms with Crippen LogP contribution < -0.4 is 24.4 Å². The Bertz CT molecular complexity index is 1830. The molecule has 0 saturated heterocycles. The molecule has 0 fully saturated rings. The molecular formula is C32H28BrFN2O5S. The summed E-state index contributed by atoms with van der Waals surface area (Å²) in [6.45, 7) is 6.29. The molecule has 4 aromatic rings. The highest BCUT2D eigenvalue weighted by Crippen LogP contribution is 2.32. The summed E-state index contributed by atoms with van der Waals surface area (Å²) in [5.74, 6) is 0.159. The van der Waals surface area contributed by atoms with Gasteiger partial charge in [0.25, 0.3) is 5.56 Å². The first kappa shape index (κ1) is 29.5. The van der Waals surface area contributed by atoms with Gasteiger partial charge in [0.2, 0.25) is 0 Å². The predicted molar refractivity (Wildman–Crippen MR) is 163 cm³/mol. The molecule has 216 valence electrons. The van der Waals surface area contributed by atoms with E-state index in [4.69, 9.17) is 14.2 Å². The standard InChI is InChI=1S/C32H28BrFN2O5S/c1-4-39-26-16-21(8-15-25(26)41-18-20-6-11-23(33)12-7-20)17-27-30(37)36-29(22-9-13-24(34)14-10-22)28(31(38)40-5-2)19(3)35-32(36)42-27/h6-17,29H,4-5,18H2,1-3H3/b27-17-/t29-/m1/s1. The Morgan fingerprint density at radius 1 is 1.02 bits per heavy atom. The van der Waals surface area contributed by atoms with Crippen LogP contribution in [0.5, 0.6) is 11.5 Å². The normalized spacial score (nSPS) is 14.8. The number of carbonyl (C=O) groups is 1. The number of fused-ring (bicyclic) bond motifs is 1. The summed E-state index contributed by atoms with van der Waals surface area (Å²) in [6, 6.07) is 18.3. The largest absolute Gasteiger partial charge is 0.490 e. The average molecular weight is 652 g/mol. The Labute approximate surface area is 254 Å². The van der Waals surface area contributed by atoms with Gasteiger partial charge in [0.05, 0.1) is 35.1 Å². The number of halogens is 2. The molecule has 0 aliphatic carbocycles. The molecule has 0 saturated carbocycles. The van der Waals surface area contributed by atoms with E-state index in [1.54, 1.807) is 32.1 Å². The van der Waals surface area contributed by atoms with Crippen LogP contribution in [0.2, 0.25) is 0 Å². The number of hydrogen-bond donors (Lipinski definition) is 0. The number of rotatable bonds is 9. The van der Waals surface area contributed by atoms with Crippen molar-refractivity contribution >= 4 is 39.3 Å². The van der Waals surface area contributed by atoms with Gasteiger partial charge in [-0.2, -0.15) is 0 Å². The van der Waals surface area contributed by atoms with E-state index in [0.717, 1.165) is 15.6 Å². The molecule has 0 amide bonds. The summed E-state index contributed by atoms with van der Waals surface area (Å²) < 4.78 is 33.9. The van der Waals surface area contributed by atoms with Crippen LogP contribution in [0.1, 0.15) is 43.5 Å². The minimum absolute atomic E-state index is 0.168. The van der Waals surface area contributed by atoms with E-state index in [1.807, 2.05) is 49.4 Å². The van der Waals surface area contributed by atoms with Crippen LogP contribution >= 0.6 is 27.3 Å². The zero-order valence-corrected chi connectivity index (χ0v) is 25.6. The lowest BCUT2D eigenvalue weighted by Crippen LogP contribution is -2.39. The molecule has 0 spiro atoms. The number of thiazole rings is 1. The SMILES string of the molecule is CCOC(=O)C1=C(C)N=c2s/c(=C\c3ccc(OCc4ccc(Br)cc4)c(OCC)c3)c(=O)n2[C@@H]1c1ccc(F)cc1. The zero-order valence-electron chi connectivity index (χ0n) is 23.2. The highest BCUT2D eigenvalue weighted by atomic mass is 79.9. The molecule has 0 N–H and O–H groups in total. The fraction of sp³-hybridized carbons (Fsp3) is 0.219. The summed E-state index contributed by atoms with van der Waals surface area (Å²) in [7, 11) is 0. The van der Waals surface area contributed by atoms with Crippen LogP contribution in [0.4, 0.5) is 4.39 Å². The third-order valence-corrected chi connectivity index (χ3v) is 8.09. The smallest absolute Gasteiger partial charge is 0.338 e. The quantitative estimate of drug-likeness (QED) is 0.218. The minimum atomic E-state index is -0.809. The third kappa shape index (κ3) is 6.24. The van der Waals surface area contributed by atoms with Crippen LogP contribution in [0.25, 0.3) is 6.08 Å². The van der Waals surface area contributed by atoms with Gasteiger partial charge < -0.3 is 14.2 Å². The van der Waals surface area contributed by atoms with Crippen LogP contribution in [0.15, 0.2) is 92.3 Å². The molecule has 1 atom stereocenters. The number of esters is 1. The van der Waals surface area contributed by atoms with Crippen LogP contribution in [0, 0.1) is 5.82 Å². The third-order valence-electron chi connectivity index (χ3n) is 6.58. The monoisotopic (exact) mass is 650 g/mol. The second kappa shape index (κ2) is 12.9. The molecule has 3 aromatic carbocycles. The van der Waals surface area contributed by atoms with Gasteiger partial charge in [-0.25, -0.2) is 14.2 Å².